The van der Waals surface area contributed by atoms with Gasteiger partial charge in [-0.15, -0.1) is 0 Å². The van der Waals surface area contributed by atoms with E-state index in [0.717, 1.165) is 21.4 Å². The molecule has 0 spiro atoms. The number of ether oxygens (including phenoxy) is 1. The first-order valence-corrected chi connectivity index (χ1v) is 6.61. The summed E-state index contributed by atoms with van der Waals surface area (Å²) in [5.41, 5.74) is 8.77. The Morgan fingerprint density at radius 3 is 2.78 bits per heavy atom. The molecule has 0 aliphatic heterocycles. The molecule has 18 heavy (non-hydrogen) atoms. The molecule has 4 nitrogen and oxygen atoms in total. The van der Waals surface area contributed by atoms with Crippen molar-refractivity contribution < 1.29 is 4.74 Å². The summed E-state index contributed by atoms with van der Waals surface area (Å²) in [6.45, 7) is 6.08. The van der Waals surface area contributed by atoms with E-state index in [1.165, 1.54) is 0 Å². The van der Waals surface area contributed by atoms with Crippen molar-refractivity contribution in [3.8, 4) is 0 Å². The van der Waals surface area contributed by atoms with Crippen LogP contribution in [0.1, 0.15) is 25.1 Å². The monoisotopic (exact) mass is 311 g/mol. The number of hydrogen-bond donors (Lipinski definition) is 1. The van der Waals surface area contributed by atoms with Gasteiger partial charge in [-0.1, -0.05) is 0 Å². The number of aryl methyl sites for hydroxylation is 1. The van der Waals surface area contributed by atoms with Crippen molar-refractivity contribution in [1.82, 2.24) is 9.38 Å². The second-order valence-electron chi connectivity index (χ2n) is 5.12. The number of pyridine rings is 1. The van der Waals surface area contributed by atoms with E-state index in [9.17, 15) is 0 Å². The molecule has 0 aliphatic carbocycles. The van der Waals surface area contributed by atoms with Crippen LogP contribution < -0.4 is 5.73 Å². The van der Waals surface area contributed by atoms with Gasteiger partial charge in [-0.05, 0) is 48.3 Å². The van der Waals surface area contributed by atoms with Crippen molar-refractivity contribution in [3.05, 3.63) is 28.0 Å². The van der Waals surface area contributed by atoms with Crippen LogP contribution >= 0.6 is 15.9 Å². The zero-order valence-corrected chi connectivity index (χ0v) is 12.7. The highest BCUT2D eigenvalue weighted by molar-refractivity contribution is 9.10. The minimum absolute atomic E-state index is 0.267. The zero-order valence-electron chi connectivity index (χ0n) is 11.1. The first-order valence-electron chi connectivity index (χ1n) is 5.82. The number of imidazole rings is 1. The molecule has 0 saturated carbocycles. The lowest BCUT2D eigenvalue weighted by Crippen LogP contribution is -2.26. The molecule has 2 aromatic rings. The SMILES string of the molecule is COC(C)(C)Cc1nc2c(C)cc(Br)cn2c1N. The third-order valence-electron chi connectivity index (χ3n) is 3.13. The number of aromatic nitrogens is 2. The van der Waals surface area contributed by atoms with Gasteiger partial charge in [0.2, 0.25) is 0 Å². The summed E-state index contributed by atoms with van der Waals surface area (Å²) in [7, 11) is 1.70. The van der Waals surface area contributed by atoms with Crippen LogP contribution in [0.3, 0.4) is 0 Å². The molecule has 0 radical (unpaired) electrons. The molecule has 0 aliphatic rings. The average Bonchev–Trinajstić information content (AvgIpc) is 2.57. The van der Waals surface area contributed by atoms with Gasteiger partial charge in [0.05, 0.1) is 11.3 Å². The Morgan fingerprint density at radius 2 is 2.17 bits per heavy atom. The van der Waals surface area contributed by atoms with Crippen molar-refractivity contribution >= 4 is 27.4 Å². The van der Waals surface area contributed by atoms with E-state index in [0.29, 0.717) is 12.2 Å². The quantitative estimate of drug-likeness (QED) is 0.948. The summed E-state index contributed by atoms with van der Waals surface area (Å²) in [5, 5.41) is 0. The van der Waals surface area contributed by atoms with Crippen molar-refractivity contribution in [3.63, 3.8) is 0 Å². The predicted molar refractivity (Wildman–Crippen MR) is 76.8 cm³/mol. The van der Waals surface area contributed by atoms with Crippen LogP contribution in [-0.4, -0.2) is 22.1 Å². The van der Waals surface area contributed by atoms with E-state index in [2.05, 4.69) is 20.9 Å². The molecule has 0 fully saturated rings. The smallest absolute Gasteiger partial charge is 0.141 e. The van der Waals surface area contributed by atoms with Gasteiger partial charge >= 0.3 is 0 Å². The van der Waals surface area contributed by atoms with Crippen LogP contribution in [-0.2, 0) is 11.2 Å². The van der Waals surface area contributed by atoms with Crippen LogP contribution in [0, 0.1) is 6.92 Å². The fourth-order valence-corrected chi connectivity index (χ4v) is 2.49. The van der Waals surface area contributed by atoms with Gasteiger partial charge in [-0.25, -0.2) is 4.98 Å². The van der Waals surface area contributed by atoms with Crippen LogP contribution in [0.2, 0.25) is 0 Å². The third-order valence-corrected chi connectivity index (χ3v) is 3.56. The first-order chi connectivity index (χ1) is 8.34. The Hall–Kier alpha value is -1.07. The number of rotatable bonds is 3. The molecule has 2 heterocycles. The van der Waals surface area contributed by atoms with E-state index in [1.807, 2.05) is 37.4 Å². The summed E-state index contributed by atoms with van der Waals surface area (Å²) in [5.74, 6) is 0.680. The molecule has 0 amide bonds. The van der Waals surface area contributed by atoms with Crippen molar-refractivity contribution in [2.24, 2.45) is 0 Å². The Morgan fingerprint density at radius 1 is 1.50 bits per heavy atom. The third kappa shape index (κ3) is 2.37. The van der Waals surface area contributed by atoms with E-state index in [-0.39, 0.29) is 5.60 Å². The van der Waals surface area contributed by atoms with Gasteiger partial charge in [0.25, 0.3) is 0 Å². The molecule has 2 rings (SSSR count). The summed E-state index contributed by atoms with van der Waals surface area (Å²) >= 11 is 3.47. The van der Waals surface area contributed by atoms with Gasteiger partial charge in [0, 0.05) is 24.2 Å². The highest BCUT2D eigenvalue weighted by Gasteiger charge is 2.22. The standard InChI is InChI=1S/C13H18BrN3O/c1-8-5-9(14)7-17-11(15)10(16-12(8)17)6-13(2,3)18-4/h5,7H,6,15H2,1-4H3. The molecule has 2 aromatic heterocycles. The minimum Gasteiger partial charge on any atom is -0.383 e. The normalized spacial score (nSPS) is 12.3. The lowest BCUT2D eigenvalue weighted by molar-refractivity contribution is 0.0226. The molecule has 0 saturated heterocycles. The second kappa shape index (κ2) is 4.55. The largest absolute Gasteiger partial charge is 0.383 e. The van der Waals surface area contributed by atoms with Gasteiger partial charge in [0.15, 0.2) is 0 Å². The lowest BCUT2D eigenvalue weighted by Gasteiger charge is -2.21. The van der Waals surface area contributed by atoms with E-state index >= 15 is 0 Å². The van der Waals surface area contributed by atoms with Crippen LogP contribution in [0.4, 0.5) is 5.82 Å². The summed E-state index contributed by atoms with van der Waals surface area (Å²) in [4.78, 5) is 4.62. The predicted octanol–water partition coefficient (Wildman–Crippen LogP) is 2.95. The van der Waals surface area contributed by atoms with Gasteiger partial charge in [-0.2, -0.15) is 0 Å². The summed E-state index contributed by atoms with van der Waals surface area (Å²) < 4.78 is 8.34. The highest BCUT2D eigenvalue weighted by Crippen LogP contribution is 2.25. The summed E-state index contributed by atoms with van der Waals surface area (Å²) in [6, 6.07) is 2.03. The van der Waals surface area contributed by atoms with Crippen molar-refractivity contribution in [2.45, 2.75) is 32.8 Å². The maximum Gasteiger partial charge on any atom is 0.141 e. The van der Waals surface area contributed by atoms with Gasteiger partial charge in [0.1, 0.15) is 11.5 Å². The molecule has 98 valence electrons. The number of nitrogens with zero attached hydrogens (tertiary/aromatic N) is 2. The Bertz CT molecular complexity index is 589. The molecule has 2 N–H and O–H groups in total. The molecule has 0 atom stereocenters. The molecular weight excluding hydrogens is 294 g/mol. The molecule has 5 heteroatoms. The van der Waals surface area contributed by atoms with Gasteiger partial charge < -0.3 is 10.5 Å². The van der Waals surface area contributed by atoms with Gasteiger partial charge in [-0.3, -0.25) is 4.40 Å². The van der Waals surface area contributed by atoms with Crippen LogP contribution in [0.25, 0.3) is 5.65 Å². The number of hydrogen-bond acceptors (Lipinski definition) is 3. The number of nitrogens with two attached hydrogens (primary N) is 1. The fourth-order valence-electron chi connectivity index (χ4n) is 1.94. The van der Waals surface area contributed by atoms with Crippen LogP contribution in [0.5, 0.6) is 0 Å². The second-order valence-corrected chi connectivity index (χ2v) is 6.03. The number of fused-ring (bicyclic) bond motifs is 1. The Kier molecular flexibility index (Phi) is 3.38. The summed E-state index contributed by atoms with van der Waals surface area (Å²) in [6.07, 6.45) is 2.63. The van der Waals surface area contributed by atoms with Crippen LogP contribution in [0.15, 0.2) is 16.7 Å². The average molecular weight is 312 g/mol. The zero-order chi connectivity index (χ0) is 13.5. The van der Waals surface area contributed by atoms with E-state index < -0.39 is 0 Å². The number of halogens is 1. The fraction of sp³-hybridized carbons (Fsp3) is 0.462. The molecule has 0 unspecified atom stereocenters. The number of methoxy groups -OCH3 is 1. The highest BCUT2D eigenvalue weighted by atomic mass is 79.9. The van der Waals surface area contributed by atoms with Crippen molar-refractivity contribution in [2.75, 3.05) is 12.8 Å². The number of nitrogen functional groups attached to an aromatic ring is 1. The molecular formula is C13H18BrN3O. The van der Waals surface area contributed by atoms with E-state index in [1.54, 1.807) is 7.11 Å². The van der Waals surface area contributed by atoms with E-state index in [4.69, 9.17) is 10.5 Å². The minimum atomic E-state index is -0.267. The van der Waals surface area contributed by atoms with Crippen molar-refractivity contribution in [1.29, 1.82) is 0 Å². The number of anilines is 1. The maximum absolute atomic E-state index is 6.16. The topological polar surface area (TPSA) is 52.5 Å². The maximum atomic E-state index is 6.16. The lowest BCUT2D eigenvalue weighted by atomic mass is 10.0. The molecule has 0 aromatic carbocycles. The Labute approximate surface area is 115 Å². The first kappa shape index (κ1) is 13.4. The molecule has 0 bridgehead atoms. The Balaban J connectivity index is 2.54.